The van der Waals surface area contributed by atoms with Crippen molar-refractivity contribution in [2.45, 2.75) is 56.4 Å². The molecule has 5 heteroatoms. The molecular weight excluding hydrogens is 298 g/mol. The van der Waals surface area contributed by atoms with Gasteiger partial charge in [0.1, 0.15) is 0 Å². The van der Waals surface area contributed by atoms with Crippen molar-refractivity contribution in [3.8, 4) is 0 Å². The second-order valence-corrected chi connectivity index (χ2v) is 8.66. The Balaban J connectivity index is 2.04. The average Bonchev–Trinajstić information content (AvgIpc) is 2.80. The lowest BCUT2D eigenvalue weighted by molar-refractivity contribution is -0.127. The molecule has 1 aliphatic heterocycles. The third-order valence-corrected chi connectivity index (χ3v) is 7.09. The molecule has 2 atom stereocenters. The number of carbonyl (C=O) groups excluding carboxylic acids is 1. The van der Waals surface area contributed by atoms with Crippen molar-refractivity contribution >= 4 is 15.8 Å². The summed E-state index contributed by atoms with van der Waals surface area (Å²) in [6.07, 6.45) is 3.45. The van der Waals surface area contributed by atoms with Crippen LogP contribution in [0.15, 0.2) is 29.2 Å². The number of ketones is 1. The lowest BCUT2D eigenvalue weighted by Gasteiger charge is -2.44. The average molecular weight is 321 g/mol. The van der Waals surface area contributed by atoms with Crippen LogP contribution in [0.4, 0.5) is 0 Å². The van der Waals surface area contributed by atoms with E-state index in [1.54, 1.807) is 12.1 Å². The zero-order valence-electron chi connectivity index (χ0n) is 13.2. The molecule has 1 heterocycles. The van der Waals surface area contributed by atoms with Gasteiger partial charge in [0.2, 0.25) is 10.0 Å². The Kier molecular flexibility index (Phi) is 3.89. The summed E-state index contributed by atoms with van der Waals surface area (Å²) in [5, 5.41) is 0. The topological polar surface area (TPSA) is 54.5 Å². The van der Waals surface area contributed by atoms with Gasteiger partial charge in [-0.1, -0.05) is 24.6 Å². The van der Waals surface area contributed by atoms with Crippen LogP contribution < -0.4 is 0 Å². The van der Waals surface area contributed by atoms with Gasteiger partial charge in [-0.3, -0.25) is 4.79 Å². The highest BCUT2D eigenvalue weighted by atomic mass is 32.2. The molecule has 0 N–H and O–H groups in total. The Hall–Kier alpha value is -1.20. The molecule has 2 aliphatic rings. The van der Waals surface area contributed by atoms with Crippen molar-refractivity contribution in [1.29, 1.82) is 0 Å². The predicted molar refractivity (Wildman–Crippen MR) is 85.1 cm³/mol. The first-order chi connectivity index (χ1) is 10.4. The second-order valence-electron chi connectivity index (χ2n) is 6.80. The largest absolute Gasteiger partial charge is 0.298 e. The summed E-state index contributed by atoms with van der Waals surface area (Å²) in [7, 11) is -3.61. The van der Waals surface area contributed by atoms with Crippen LogP contribution in [0.3, 0.4) is 0 Å². The summed E-state index contributed by atoms with van der Waals surface area (Å²) in [4.78, 5) is 12.8. The Morgan fingerprint density at radius 1 is 1.23 bits per heavy atom. The number of rotatable bonds is 2. The molecule has 1 aromatic carbocycles. The summed E-state index contributed by atoms with van der Waals surface area (Å²) in [5.41, 5.74) is 0.236. The van der Waals surface area contributed by atoms with Crippen LogP contribution in [-0.2, 0) is 14.8 Å². The van der Waals surface area contributed by atoms with Gasteiger partial charge >= 0.3 is 0 Å². The highest BCUT2D eigenvalue weighted by Gasteiger charge is 2.53. The summed E-state index contributed by atoms with van der Waals surface area (Å²) >= 11 is 0. The smallest absolute Gasteiger partial charge is 0.243 e. The Morgan fingerprint density at radius 3 is 2.50 bits per heavy atom. The Labute approximate surface area is 132 Å². The maximum atomic E-state index is 13.1. The highest BCUT2D eigenvalue weighted by Crippen LogP contribution is 2.44. The third kappa shape index (κ3) is 2.40. The zero-order valence-corrected chi connectivity index (χ0v) is 14.0. The summed E-state index contributed by atoms with van der Waals surface area (Å²) < 4.78 is 27.7. The van der Waals surface area contributed by atoms with Crippen molar-refractivity contribution in [2.75, 3.05) is 6.54 Å². The number of Topliss-reactive ketones (excluding diaryl/α,β-unsaturated/α-hetero) is 1. The number of hydrogen-bond acceptors (Lipinski definition) is 3. The van der Waals surface area contributed by atoms with Crippen LogP contribution in [0.2, 0.25) is 0 Å². The van der Waals surface area contributed by atoms with Gasteiger partial charge in [-0.05, 0) is 50.7 Å². The van der Waals surface area contributed by atoms with Crippen LogP contribution in [0.5, 0.6) is 0 Å². The second kappa shape index (κ2) is 5.46. The van der Waals surface area contributed by atoms with Crippen molar-refractivity contribution in [3.05, 3.63) is 29.8 Å². The van der Waals surface area contributed by atoms with Gasteiger partial charge in [0.05, 0.1) is 10.4 Å². The first kappa shape index (κ1) is 15.7. The van der Waals surface area contributed by atoms with Crippen LogP contribution in [0.1, 0.15) is 44.6 Å². The first-order valence-corrected chi connectivity index (χ1v) is 9.43. The van der Waals surface area contributed by atoms with Gasteiger partial charge in [0, 0.05) is 13.0 Å². The van der Waals surface area contributed by atoms with Gasteiger partial charge in [-0.15, -0.1) is 0 Å². The highest BCUT2D eigenvalue weighted by molar-refractivity contribution is 7.89. The van der Waals surface area contributed by atoms with E-state index in [1.165, 1.54) is 4.31 Å². The van der Waals surface area contributed by atoms with E-state index in [-0.39, 0.29) is 5.78 Å². The molecule has 1 saturated carbocycles. The zero-order chi connectivity index (χ0) is 16.0. The molecule has 1 aromatic rings. The molecule has 0 bridgehead atoms. The molecule has 22 heavy (non-hydrogen) atoms. The molecule has 2 fully saturated rings. The standard InChI is InChI=1S/C17H23NO3S/c1-13-5-7-15(8-6-13)22(20,21)18-11-9-14(2)12-17(18)10-3-4-16(17)19/h5-8,14H,3-4,9-12H2,1-2H3/t14-,17+/m0/s1. The van der Waals surface area contributed by atoms with Crippen molar-refractivity contribution in [3.63, 3.8) is 0 Å². The van der Waals surface area contributed by atoms with Crippen LogP contribution in [0, 0.1) is 12.8 Å². The minimum absolute atomic E-state index is 0.106. The molecule has 1 saturated heterocycles. The van der Waals surface area contributed by atoms with E-state index in [9.17, 15) is 13.2 Å². The minimum Gasteiger partial charge on any atom is -0.298 e. The van der Waals surface area contributed by atoms with Gasteiger partial charge in [-0.2, -0.15) is 4.31 Å². The number of nitrogens with zero attached hydrogens (tertiary/aromatic N) is 1. The molecule has 120 valence electrons. The molecule has 0 aromatic heterocycles. The van der Waals surface area contributed by atoms with E-state index in [0.29, 0.717) is 36.6 Å². The Morgan fingerprint density at radius 2 is 1.91 bits per heavy atom. The monoisotopic (exact) mass is 321 g/mol. The molecule has 0 radical (unpaired) electrons. The van der Waals surface area contributed by atoms with E-state index < -0.39 is 15.6 Å². The van der Waals surface area contributed by atoms with Crippen molar-refractivity contribution < 1.29 is 13.2 Å². The number of carbonyl (C=O) groups is 1. The van der Waals surface area contributed by atoms with E-state index in [2.05, 4.69) is 6.92 Å². The van der Waals surface area contributed by atoms with Crippen molar-refractivity contribution in [1.82, 2.24) is 4.31 Å². The van der Waals surface area contributed by atoms with Crippen LogP contribution in [0.25, 0.3) is 0 Å². The first-order valence-electron chi connectivity index (χ1n) is 7.99. The normalized spacial score (nSPS) is 30.1. The van der Waals surface area contributed by atoms with Gasteiger partial charge in [0.25, 0.3) is 0 Å². The maximum absolute atomic E-state index is 13.1. The maximum Gasteiger partial charge on any atom is 0.243 e. The predicted octanol–water partition coefficient (Wildman–Crippen LogP) is 2.91. The quantitative estimate of drug-likeness (QED) is 0.841. The number of benzene rings is 1. The fourth-order valence-corrected chi connectivity index (χ4v) is 5.72. The van der Waals surface area contributed by atoms with E-state index in [4.69, 9.17) is 0 Å². The van der Waals surface area contributed by atoms with E-state index >= 15 is 0 Å². The molecule has 1 aliphatic carbocycles. The lowest BCUT2D eigenvalue weighted by atomic mass is 9.81. The minimum atomic E-state index is -3.61. The van der Waals surface area contributed by atoms with Gasteiger partial charge in [0.15, 0.2) is 5.78 Å². The lowest BCUT2D eigenvalue weighted by Crippen LogP contribution is -2.58. The number of sulfonamides is 1. The fourth-order valence-electron chi connectivity index (χ4n) is 3.91. The molecule has 4 nitrogen and oxygen atoms in total. The number of aryl methyl sites for hydroxylation is 1. The Bertz CT molecular complexity index is 680. The van der Waals surface area contributed by atoms with Crippen LogP contribution >= 0.6 is 0 Å². The summed E-state index contributed by atoms with van der Waals surface area (Å²) in [6, 6.07) is 6.91. The fraction of sp³-hybridized carbons (Fsp3) is 0.588. The summed E-state index contributed by atoms with van der Waals surface area (Å²) in [5.74, 6) is 0.501. The van der Waals surface area contributed by atoms with Gasteiger partial charge < -0.3 is 0 Å². The molecular formula is C17H23NO3S. The van der Waals surface area contributed by atoms with E-state index in [1.807, 2.05) is 19.1 Å². The summed E-state index contributed by atoms with van der Waals surface area (Å²) in [6.45, 7) is 4.49. The molecule has 3 rings (SSSR count). The number of hydrogen-bond donors (Lipinski definition) is 0. The molecule has 1 spiro atoms. The SMILES string of the molecule is Cc1ccc(S(=O)(=O)N2CC[C@H](C)C[C@@]23CCCC3=O)cc1. The van der Waals surface area contributed by atoms with E-state index in [0.717, 1.165) is 18.4 Å². The molecule has 0 amide bonds. The van der Waals surface area contributed by atoms with Crippen LogP contribution in [-0.4, -0.2) is 30.6 Å². The molecule has 0 unspecified atom stereocenters. The van der Waals surface area contributed by atoms with Crippen molar-refractivity contribution in [2.24, 2.45) is 5.92 Å². The third-order valence-electron chi connectivity index (χ3n) is 5.11. The number of piperidine rings is 1. The van der Waals surface area contributed by atoms with Gasteiger partial charge in [-0.25, -0.2) is 8.42 Å².